The van der Waals surface area contributed by atoms with E-state index in [0.29, 0.717) is 12.1 Å². The van der Waals surface area contributed by atoms with Gasteiger partial charge in [-0.2, -0.15) is 18.4 Å². The molecule has 0 saturated heterocycles. The van der Waals surface area contributed by atoms with E-state index in [1.807, 2.05) is 0 Å². The first-order chi connectivity index (χ1) is 9.19. The minimum absolute atomic E-state index is 0.524. The van der Waals surface area contributed by atoms with Crippen LogP contribution in [0.3, 0.4) is 0 Å². The summed E-state index contributed by atoms with van der Waals surface area (Å²) in [6, 6.07) is 2.61. The number of benzene rings is 1. The zero-order valence-corrected chi connectivity index (χ0v) is 10.6. The van der Waals surface area contributed by atoms with Crippen molar-refractivity contribution in [1.29, 1.82) is 5.26 Å². The molecule has 3 nitrogen and oxygen atoms in total. The van der Waals surface area contributed by atoms with Crippen LogP contribution in [0.4, 0.5) is 22.0 Å². The molecule has 0 aliphatic rings. The van der Waals surface area contributed by atoms with E-state index < -0.39 is 51.3 Å². The van der Waals surface area contributed by atoms with Crippen LogP contribution in [0, 0.1) is 11.3 Å². The van der Waals surface area contributed by atoms with Gasteiger partial charge in [0.2, 0.25) is 0 Å². The maximum atomic E-state index is 12.6. The Kier molecular flexibility index (Phi) is 4.94. The van der Waals surface area contributed by atoms with E-state index in [1.54, 1.807) is 0 Å². The Bertz CT molecular complexity index is 565. The van der Waals surface area contributed by atoms with Crippen molar-refractivity contribution in [2.75, 3.05) is 7.11 Å². The number of esters is 1. The summed E-state index contributed by atoms with van der Waals surface area (Å²) in [5.74, 6) is -1.20. The molecule has 1 aromatic rings. The molecule has 1 rings (SSSR count). The average molecular weight is 311 g/mol. The van der Waals surface area contributed by atoms with E-state index >= 15 is 0 Å². The first kappa shape index (κ1) is 16.2. The van der Waals surface area contributed by atoms with Gasteiger partial charge in [-0.3, -0.25) is 0 Å². The van der Waals surface area contributed by atoms with Crippen LogP contribution in [-0.4, -0.2) is 18.6 Å². The van der Waals surface area contributed by atoms with E-state index in [9.17, 15) is 26.7 Å². The number of rotatable bonds is 3. The van der Waals surface area contributed by atoms with Crippen molar-refractivity contribution < 1.29 is 31.5 Å². The van der Waals surface area contributed by atoms with E-state index in [4.69, 9.17) is 5.26 Å². The number of nitriles is 1. The van der Waals surface area contributed by atoms with Crippen molar-refractivity contribution in [3.63, 3.8) is 0 Å². The summed E-state index contributed by atoms with van der Waals surface area (Å²) >= 11 is -0.753. The van der Waals surface area contributed by atoms with Gasteiger partial charge in [0.05, 0.1) is 18.2 Å². The fourth-order valence-corrected chi connectivity index (χ4v) is 2.11. The fraction of sp³-hybridized carbons (Fsp3) is 0.273. The quantitative estimate of drug-likeness (QED) is 0.483. The molecule has 0 spiro atoms. The highest BCUT2D eigenvalue weighted by Gasteiger charge is 2.33. The molecule has 0 bridgehead atoms. The van der Waals surface area contributed by atoms with Crippen LogP contribution in [0.1, 0.15) is 27.9 Å². The minimum Gasteiger partial charge on any atom is -0.465 e. The third-order valence-electron chi connectivity index (χ3n) is 2.11. The molecule has 0 unspecified atom stereocenters. The topological polar surface area (TPSA) is 50.1 Å². The van der Waals surface area contributed by atoms with E-state index in [0.717, 1.165) is 7.11 Å². The SMILES string of the molecule is COC(=O)c1c(C#N)cc(C(F)F)cc1SC(F)(F)F. The summed E-state index contributed by atoms with van der Waals surface area (Å²) in [5.41, 5.74) is -6.85. The van der Waals surface area contributed by atoms with Gasteiger partial charge in [-0.15, -0.1) is 0 Å². The number of hydrogen-bond acceptors (Lipinski definition) is 4. The maximum Gasteiger partial charge on any atom is 0.446 e. The molecule has 0 aromatic heterocycles. The highest BCUT2D eigenvalue weighted by molar-refractivity contribution is 8.00. The summed E-state index contributed by atoms with van der Waals surface area (Å²) in [5, 5.41) is 8.80. The zero-order valence-electron chi connectivity index (χ0n) is 9.79. The number of alkyl halides is 5. The molecule has 0 fully saturated rings. The monoisotopic (exact) mass is 311 g/mol. The molecule has 0 N–H and O–H groups in total. The van der Waals surface area contributed by atoms with Crippen molar-refractivity contribution in [3.05, 3.63) is 28.8 Å². The third kappa shape index (κ3) is 3.84. The predicted octanol–water partition coefficient (Wildman–Crippen LogP) is 3.89. The number of hydrogen-bond donors (Lipinski definition) is 0. The second-order valence-corrected chi connectivity index (χ2v) is 4.50. The second kappa shape index (κ2) is 6.09. The smallest absolute Gasteiger partial charge is 0.446 e. The Labute approximate surface area is 114 Å². The molecule has 0 aliphatic heterocycles. The van der Waals surface area contributed by atoms with Crippen molar-refractivity contribution >= 4 is 17.7 Å². The van der Waals surface area contributed by atoms with E-state index in [1.165, 1.54) is 6.07 Å². The summed E-state index contributed by atoms with van der Waals surface area (Å²) in [4.78, 5) is 10.6. The number of ether oxygens (including phenoxy) is 1. The number of carbonyl (C=O) groups excluding carboxylic acids is 1. The molecule has 1 aromatic carbocycles. The Morgan fingerprint density at radius 3 is 2.40 bits per heavy atom. The number of carbonyl (C=O) groups is 1. The Morgan fingerprint density at radius 2 is 2.00 bits per heavy atom. The lowest BCUT2D eigenvalue weighted by Gasteiger charge is -2.13. The Hall–Kier alpha value is -1.82. The first-order valence-electron chi connectivity index (χ1n) is 4.90. The molecule has 0 heterocycles. The maximum absolute atomic E-state index is 12.6. The van der Waals surface area contributed by atoms with E-state index in [2.05, 4.69) is 4.74 Å². The van der Waals surface area contributed by atoms with Gasteiger partial charge < -0.3 is 4.74 Å². The van der Waals surface area contributed by atoms with Crippen LogP contribution in [0.2, 0.25) is 0 Å². The normalized spacial score (nSPS) is 11.3. The highest BCUT2D eigenvalue weighted by atomic mass is 32.2. The lowest BCUT2D eigenvalue weighted by Crippen LogP contribution is -2.10. The number of thioether (sulfide) groups is 1. The van der Waals surface area contributed by atoms with Gasteiger partial charge in [-0.1, -0.05) is 0 Å². The largest absolute Gasteiger partial charge is 0.465 e. The van der Waals surface area contributed by atoms with Gasteiger partial charge >= 0.3 is 11.5 Å². The van der Waals surface area contributed by atoms with E-state index in [-0.39, 0.29) is 0 Å². The fourth-order valence-electron chi connectivity index (χ4n) is 1.37. The van der Waals surface area contributed by atoms with Crippen molar-refractivity contribution in [2.24, 2.45) is 0 Å². The van der Waals surface area contributed by atoms with Crippen LogP contribution >= 0.6 is 11.8 Å². The standard InChI is InChI=1S/C11H6F5NO2S/c1-19-10(18)8-6(4-17)2-5(9(12)13)3-7(8)20-11(14,15)16/h2-3,9H,1H3. The summed E-state index contributed by atoms with van der Waals surface area (Å²) in [7, 11) is 0.909. The van der Waals surface area contributed by atoms with Gasteiger partial charge in [0.1, 0.15) is 6.07 Å². The molecule has 9 heteroatoms. The van der Waals surface area contributed by atoms with Gasteiger partial charge in [-0.05, 0) is 23.9 Å². The molecule has 20 heavy (non-hydrogen) atoms. The molecule has 0 aliphatic carbocycles. The molecule has 0 amide bonds. The van der Waals surface area contributed by atoms with Crippen molar-refractivity contribution in [3.8, 4) is 6.07 Å². The van der Waals surface area contributed by atoms with Gasteiger partial charge in [0, 0.05) is 10.5 Å². The van der Waals surface area contributed by atoms with Crippen LogP contribution in [0.5, 0.6) is 0 Å². The summed E-state index contributed by atoms with van der Waals surface area (Å²) in [6.07, 6.45) is -3.07. The second-order valence-electron chi connectivity index (χ2n) is 3.39. The van der Waals surface area contributed by atoms with Gasteiger partial charge in [0.15, 0.2) is 0 Å². The van der Waals surface area contributed by atoms with Crippen LogP contribution < -0.4 is 0 Å². The number of halogens is 5. The molecule has 0 saturated carbocycles. The number of methoxy groups -OCH3 is 1. The van der Waals surface area contributed by atoms with Crippen LogP contribution in [-0.2, 0) is 4.74 Å². The Balaban J connectivity index is 3.53. The third-order valence-corrected chi connectivity index (χ3v) is 2.89. The minimum atomic E-state index is -4.80. The van der Waals surface area contributed by atoms with Crippen molar-refractivity contribution in [1.82, 2.24) is 0 Å². The average Bonchev–Trinajstić information content (AvgIpc) is 2.34. The molecular weight excluding hydrogens is 305 g/mol. The molecule has 0 radical (unpaired) electrons. The summed E-state index contributed by atoms with van der Waals surface area (Å²) < 4.78 is 66.7. The lowest BCUT2D eigenvalue weighted by atomic mass is 10.0. The van der Waals surface area contributed by atoms with Gasteiger partial charge in [-0.25, -0.2) is 13.6 Å². The number of nitrogens with zero attached hydrogens (tertiary/aromatic N) is 1. The first-order valence-corrected chi connectivity index (χ1v) is 5.71. The molecule has 108 valence electrons. The van der Waals surface area contributed by atoms with Crippen molar-refractivity contribution in [2.45, 2.75) is 16.8 Å². The predicted molar refractivity (Wildman–Crippen MR) is 59.4 cm³/mol. The van der Waals surface area contributed by atoms with Gasteiger partial charge in [0.25, 0.3) is 6.43 Å². The molecular formula is C11H6F5NO2S. The van der Waals surface area contributed by atoms with Crippen LogP contribution in [0.25, 0.3) is 0 Å². The summed E-state index contributed by atoms with van der Waals surface area (Å²) in [6.45, 7) is 0. The zero-order chi connectivity index (χ0) is 15.5. The van der Waals surface area contributed by atoms with Crippen LogP contribution in [0.15, 0.2) is 17.0 Å². The Morgan fingerprint density at radius 1 is 1.40 bits per heavy atom. The molecule has 0 atom stereocenters. The highest BCUT2D eigenvalue weighted by Crippen LogP contribution is 2.41. The lowest BCUT2D eigenvalue weighted by molar-refractivity contribution is -0.0328.